The van der Waals surface area contributed by atoms with Gasteiger partial charge in [0.1, 0.15) is 0 Å². The van der Waals surface area contributed by atoms with Crippen LogP contribution in [0.1, 0.15) is 27.1 Å². The number of carbonyl (C=O) groups is 2. The number of fused-ring (bicyclic) bond motifs is 3. The molecule has 4 nitrogen and oxygen atoms in total. The molecule has 3 rings (SSSR count). The van der Waals surface area contributed by atoms with E-state index in [1.54, 1.807) is 6.07 Å². The number of hydrogen-bond donors (Lipinski definition) is 0. The molecule has 0 unspecified atom stereocenters. The molecule has 1 heterocycles. The molecule has 0 spiro atoms. The SMILES string of the molecule is CN(C)CCCN1C(=O)c2cc(Cl)c3ccccc3c2C1=O. The first kappa shape index (κ1) is 15.0. The van der Waals surface area contributed by atoms with Crippen LogP contribution in [-0.2, 0) is 0 Å². The number of carbonyl (C=O) groups excluding carboxylic acids is 2. The van der Waals surface area contributed by atoms with Crippen LogP contribution < -0.4 is 0 Å². The van der Waals surface area contributed by atoms with Crippen LogP contribution in [0.15, 0.2) is 30.3 Å². The Labute approximate surface area is 134 Å². The van der Waals surface area contributed by atoms with Crippen molar-refractivity contribution in [1.82, 2.24) is 9.80 Å². The molecular formula is C17H17ClN2O2. The molecule has 114 valence electrons. The summed E-state index contributed by atoms with van der Waals surface area (Å²) in [5.41, 5.74) is 0.897. The van der Waals surface area contributed by atoms with Crippen LogP contribution in [0.25, 0.3) is 10.8 Å². The van der Waals surface area contributed by atoms with Gasteiger partial charge in [-0.2, -0.15) is 0 Å². The quantitative estimate of drug-likeness (QED) is 0.814. The molecule has 0 saturated carbocycles. The standard InChI is InChI=1S/C17H17ClN2O2/c1-19(2)8-5-9-20-16(21)13-10-14(18)11-6-3-4-7-12(11)15(13)17(20)22/h3-4,6-7,10H,5,8-9H2,1-2H3. The van der Waals surface area contributed by atoms with Gasteiger partial charge in [-0.25, -0.2) is 0 Å². The minimum Gasteiger partial charge on any atom is -0.309 e. The molecule has 0 N–H and O–H groups in total. The Balaban J connectivity index is 2.00. The molecular weight excluding hydrogens is 300 g/mol. The lowest BCUT2D eigenvalue weighted by atomic mass is 10.0. The maximum Gasteiger partial charge on any atom is 0.262 e. The predicted molar refractivity (Wildman–Crippen MR) is 87.5 cm³/mol. The Bertz CT molecular complexity index is 771. The third-order valence-corrected chi connectivity index (χ3v) is 4.23. The van der Waals surface area contributed by atoms with E-state index in [2.05, 4.69) is 0 Å². The number of imide groups is 1. The molecule has 0 aliphatic carbocycles. The monoisotopic (exact) mass is 316 g/mol. The molecule has 2 aromatic carbocycles. The van der Waals surface area contributed by atoms with E-state index in [-0.39, 0.29) is 11.8 Å². The van der Waals surface area contributed by atoms with Crippen molar-refractivity contribution < 1.29 is 9.59 Å². The van der Waals surface area contributed by atoms with E-state index < -0.39 is 0 Å². The van der Waals surface area contributed by atoms with Crippen molar-refractivity contribution in [2.45, 2.75) is 6.42 Å². The summed E-state index contributed by atoms with van der Waals surface area (Å²) < 4.78 is 0. The van der Waals surface area contributed by atoms with E-state index in [1.807, 2.05) is 43.3 Å². The highest BCUT2D eigenvalue weighted by atomic mass is 35.5. The van der Waals surface area contributed by atoms with Crippen LogP contribution in [0, 0.1) is 0 Å². The first-order valence-corrected chi connectivity index (χ1v) is 7.60. The van der Waals surface area contributed by atoms with Gasteiger partial charge in [-0.15, -0.1) is 0 Å². The summed E-state index contributed by atoms with van der Waals surface area (Å²) in [7, 11) is 3.94. The van der Waals surface area contributed by atoms with Crippen LogP contribution in [0.2, 0.25) is 5.02 Å². The lowest BCUT2D eigenvalue weighted by Gasteiger charge is -2.15. The number of benzene rings is 2. The van der Waals surface area contributed by atoms with E-state index >= 15 is 0 Å². The second-order valence-corrected chi connectivity index (χ2v) is 6.15. The Morgan fingerprint density at radius 2 is 1.77 bits per heavy atom. The van der Waals surface area contributed by atoms with Crippen molar-refractivity contribution in [3.05, 3.63) is 46.5 Å². The van der Waals surface area contributed by atoms with E-state index in [0.29, 0.717) is 22.7 Å². The molecule has 0 radical (unpaired) electrons. The van der Waals surface area contributed by atoms with Gasteiger partial charge in [0, 0.05) is 17.0 Å². The lowest BCUT2D eigenvalue weighted by Crippen LogP contribution is -2.32. The summed E-state index contributed by atoms with van der Waals surface area (Å²) in [5, 5.41) is 2.06. The van der Waals surface area contributed by atoms with Crippen LogP contribution >= 0.6 is 11.6 Å². The van der Waals surface area contributed by atoms with Crippen molar-refractivity contribution in [2.24, 2.45) is 0 Å². The number of rotatable bonds is 4. The van der Waals surface area contributed by atoms with E-state index in [0.717, 1.165) is 23.7 Å². The smallest absolute Gasteiger partial charge is 0.262 e. The molecule has 0 saturated heterocycles. The Kier molecular flexibility index (Phi) is 3.89. The van der Waals surface area contributed by atoms with Crippen molar-refractivity contribution in [3.8, 4) is 0 Å². The summed E-state index contributed by atoms with van der Waals surface area (Å²) in [4.78, 5) is 28.5. The van der Waals surface area contributed by atoms with Crippen molar-refractivity contribution in [1.29, 1.82) is 0 Å². The highest BCUT2D eigenvalue weighted by molar-refractivity contribution is 6.38. The number of hydrogen-bond acceptors (Lipinski definition) is 3. The third kappa shape index (κ3) is 2.38. The molecule has 0 bridgehead atoms. The minimum atomic E-state index is -0.244. The van der Waals surface area contributed by atoms with Crippen LogP contribution in [0.5, 0.6) is 0 Å². The Morgan fingerprint density at radius 3 is 2.45 bits per heavy atom. The molecule has 5 heteroatoms. The minimum absolute atomic E-state index is 0.216. The van der Waals surface area contributed by atoms with Crippen LogP contribution in [-0.4, -0.2) is 48.8 Å². The van der Waals surface area contributed by atoms with Gasteiger partial charge in [0.15, 0.2) is 0 Å². The highest BCUT2D eigenvalue weighted by Gasteiger charge is 2.37. The summed E-state index contributed by atoms with van der Waals surface area (Å²) >= 11 is 6.26. The molecule has 22 heavy (non-hydrogen) atoms. The predicted octanol–water partition coefficient (Wildman–Crippen LogP) is 3.04. The second-order valence-electron chi connectivity index (χ2n) is 5.75. The average molecular weight is 317 g/mol. The number of nitrogens with zero attached hydrogens (tertiary/aromatic N) is 2. The van der Waals surface area contributed by atoms with Gasteiger partial charge < -0.3 is 4.90 Å². The Hall–Kier alpha value is -1.91. The number of halogens is 1. The second kappa shape index (κ2) is 5.71. The molecule has 1 aliphatic rings. The van der Waals surface area contributed by atoms with Gasteiger partial charge in [-0.1, -0.05) is 35.9 Å². The zero-order valence-electron chi connectivity index (χ0n) is 12.6. The molecule has 0 fully saturated rings. The fourth-order valence-corrected chi connectivity index (χ4v) is 3.12. The maximum absolute atomic E-state index is 12.7. The summed E-state index contributed by atoms with van der Waals surface area (Å²) in [5.74, 6) is -0.460. The highest BCUT2D eigenvalue weighted by Crippen LogP contribution is 2.34. The normalized spacial score (nSPS) is 14.3. The van der Waals surface area contributed by atoms with Gasteiger partial charge in [0.05, 0.1) is 11.1 Å². The molecule has 0 atom stereocenters. The number of amides is 2. The van der Waals surface area contributed by atoms with E-state index in [1.165, 1.54) is 4.90 Å². The lowest BCUT2D eigenvalue weighted by molar-refractivity contribution is 0.0650. The van der Waals surface area contributed by atoms with E-state index in [4.69, 9.17) is 11.6 Å². The van der Waals surface area contributed by atoms with Gasteiger partial charge in [0.25, 0.3) is 11.8 Å². The first-order valence-electron chi connectivity index (χ1n) is 7.23. The van der Waals surface area contributed by atoms with Crippen molar-refractivity contribution in [2.75, 3.05) is 27.2 Å². The fourth-order valence-electron chi connectivity index (χ4n) is 2.85. The summed E-state index contributed by atoms with van der Waals surface area (Å²) in [6.07, 6.45) is 0.754. The third-order valence-electron chi connectivity index (χ3n) is 3.92. The van der Waals surface area contributed by atoms with Crippen LogP contribution in [0.3, 0.4) is 0 Å². The average Bonchev–Trinajstić information content (AvgIpc) is 2.72. The van der Waals surface area contributed by atoms with Crippen molar-refractivity contribution >= 4 is 34.2 Å². The van der Waals surface area contributed by atoms with Crippen molar-refractivity contribution in [3.63, 3.8) is 0 Å². The van der Waals surface area contributed by atoms with Gasteiger partial charge in [0.2, 0.25) is 0 Å². The zero-order valence-corrected chi connectivity index (χ0v) is 13.4. The van der Waals surface area contributed by atoms with Crippen LogP contribution in [0.4, 0.5) is 0 Å². The summed E-state index contributed by atoms with van der Waals surface area (Å²) in [6.45, 7) is 1.26. The molecule has 2 amide bonds. The van der Waals surface area contributed by atoms with Gasteiger partial charge >= 0.3 is 0 Å². The van der Waals surface area contributed by atoms with Gasteiger partial charge in [-0.05, 0) is 38.5 Å². The largest absolute Gasteiger partial charge is 0.309 e. The zero-order chi connectivity index (χ0) is 15.9. The maximum atomic E-state index is 12.7. The molecule has 2 aromatic rings. The first-order chi connectivity index (χ1) is 10.5. The van der Waals surface area contributed by atoms with E-state index in [9.17, 15) is 9.59 Å². The Morgan fingerprint density at radius 1 is 1.09 bits per heavy atom. The summed E-state index contributed by atoms with van der Waals surface area (Å²) in [6, 6.07) is 9.05. The van der Waals surface area contributed by atoms with Gasteiger partial charge in [-0.3, -0.25) is 14.5 Å². The fraction of sp³-hybridized carbons (Fsp3) is 0.294. The molecule has 0 aromatic heterocycles. The molecule has 1 aliphatic heterocycles. The topological polar surface area (TPSA) is 40.6 Å².